The molecule has 1 aliphatic rings. The molecule has 3 aromatic heterocycles. The van der Waals surface area contributed by atoms with Gasteiger partial charge in [0.15, 0.2) is 17.3 Å². The number of amides is 1. The minimum atomic E-state index is 0.0118. The van der Waals surface area contributed by atoms with Crippen molar-refractivity contribution < 1.29 is 9.32 Å². The number of hydrogen-bond donors (Lipinski definition) is 1. The van der Waals surface area contributed by atoms with E-state index in [9.17, 15) is 4.79 Å². The number of carbonyl (C=O) groups is 1. The third-order valence-electron chi connectivity index (χ3n) is 5.27. The lowest BCUT2D eigenvalue weighted by molar-refractivity contribution is -0.121. The lowest BCUT2D eigenvalue weighted by atomic mass is 10.1. The SMILES string of the molecule is O=C(CCCc1ccccc1)NCc1nnc2cc(-c3nc(C4CC4)no3)ccn12. The van der Waals surface area contributed by atoms with Crippen molar-refractivity contribution in [1.29, 1.82) is 0 Å². The van der Waals surface area contributed by atoms with Gasteiger partial charge < -0.3 is 9.84 Å². The monoisotopic (exact) mass is 402 g/mol. The van der Waals surface area contributed by atoms with E-state index >= 15 is 0 Å². The van der Waals surface area contributed by atoms with Crippen LogP contribution in [0.15, 0.2) is 53.2 Å². The number of benzene rings is 1. The molecule has 0 spiro atoms. The molecule has 4 aromatic rings. The summed E-state index contributed by atoms with van der Waals surface area (Å²) < 4.78 is 7.23. The van der Waals surface area contributed by atoms with Gasteiger partial charge >= 0.3 is 0 Å². The Morgan fingerprint density at radius 2 is 2.03 bits per heavy atom. The predicted octanol–water partition coefficient (Wildman–Crippen LogP) is 3.30. The third-order valence-corrected chi connectivity index (χ3v) is 5.27. The molecule has 0 bridgehead atoms. The van der Waals surface area contributed by atoms with E-state index in [0.717, 1.165) is 37.1 Å². The minimum Gasteiger partial charge on any atom is -0.349 e. The van der Waals surface area contributed by atoms with Crippen LogP contribution in [0.1, 0.15) is 48.8 Å². The van der Waals surface area contributed by atoms with Crippen LogP contribution in [0.5, 0.6) is 0 Å². The standard InChI is InChI=1S/C22H22N6O2/c29-20(8-4-7-15-5-2-1-3-6-15)23-14-19-26-25-18-13-17(11-12-28(18)19)22-24-21(27-30-22)16-9-10-16/h1-3,5-6,11-13,16H,4,7-10,14H2,(H,23,29). The van der Waals surface area contributed by atoms with Crippen LogP contribution in [0.2, 0.25) is 0 Å². The molecule has 0 atom stereocenters. The molecular weight excluding hydrogens is 380 g/mol. The molecule has 30 heavy (non-hydrogen) atoms. The van der Waals surface area contributed by atoms with Crippen molar-refractivity contribution in [3.05, 3.63) is 65.9 Å². The summed E-state index contributed by atoms with van der Waals surface area (Å²) in [4.78, 5) is 16.6. The molecule has 3 heterocycles. The van der Waals surface area contributed by atoms with E-state index in [4.69, 9.17) is 4.52 Å². The minimum absolute atomic E-state index is 0.0118. The van der Waals surface area contributed by atoms with Gasteiger partial charge in [0.1, 0.15) is 0 Å². The number of carbonyl (C=O) groups excluding carboxylic acids is 1. The number of hydrogen-bond acceptors (Lipinski definition) is 6. The number of fused-ring (bicyclic) bond motifs is 1. The Labute approximate surface area is 173 Å². The maximum absolute atomic E-state index is 12.2. The van der Waals surface area contributed by atoms with E-state index < -0.39 is 0 Å². The first-order valence-electron chi connectivity index (χ1n) is 10.2. The van der Waals surface area contributed by atoms with E-state index in [1.165, 1.54) is 5.56 Å². The zero-order chi connectivity index (χ0) is 20.3. The molecule has 8 heteroatoms. The quantitative estimate of drug-likeness (QED) is 0.486. The molecular formula is C22H22N6O2. The van der Waals surface area contributed by atoms with Gasteiger partial charge in [-0.15, -0.1) is 10.2 Å². The average Bonchev–Trinajstić information content (AvgIpc) is 3.36. The average molecular weight is 402 g/mol. The van der Waals surface area contributed by atoms with E-state index in [1.54, 1.807) is 0 Å². The van der Waals surface area contributed by atoms with Gasteiger partial charge in [0.2, 0.25) is 5.91 Å². The largest absolute Gasteiger partial charge is 0.349 e. The number of aromatic nitrogens is 5. The van der Waals surface area contributed by atoms with Gasteiger partial charge in [-0.1, -0.05) is 35.5 Å². The van der Waals surface area contributed by atoms with Crippen LogP contribution >= 0.6 is 0 Å². The van der Waals surface area contributed by atoms with Crippen molar-refractivity contribution in [3.63, 3.8) is 0 Å². The Bertz CT molecular complexity index is 1160. The summed E-state index contributed by atoms with van der Waals surface area (Å²) in [6.07, 6.45) is 6.31. The van der Waals surface area contributed by atoms with Crippen LogP contribution in [0, 0.1) is 0 Å². The van der Waals surface area contributed by atoms with Crippen molar-refractivity contribution in [1.82, 2.24) is 30.1 Å². The van der Waals surface area contributed by atoms with Crippen molar-refractivity contribution in [2.45, 2.75) is 44.6 Å². The van der Waals surface area contributed by atoms with Crippen LogP contribution in [0.25, 0.3) is 17.1 Å². The summed E-state index contributed by atoms with van der Waals surface area (Å²) in [6.45, 7) is 0.330. The number of rotatable bonds is 8. The van der Waals surface area contributed by atoms with Crippen LogP contribution in [-0.2, 0) is 17.8 Å². The highest BCUT2D eigenvalue weighted by Gasteiger charge is 2.29. The predicted molar refractivity (Wildman–Crippen MR) is 109 cm³/mol. The third kappa shape index (κ3) is 4.07. The molecule has 1 amide bonds. The summed E-state index contributed by atoms with van der Waals surface area (Å²) in [5.74, 6) is 2.41. The van der Waals surface area contributed by atoms with E-state index in [-0.39, 0.29) is 5.91 Å². The Balaban J connectivity index is 1.18. The molecule has 1 saturated carbocycles. The molecule has 0 unspecified atom stereocenters. The second kappa shape index (κ2) is 8.06. The Morgan fingerprint density at radius 1 is 1.17 bits per heavy atom. The molecule has 1 aliphatic carbocycles. The van der Waals surface area contributed by atoms with Crippen molar-refractivity contribution in [3.8, 4) is 11.5 Å². The maximum Gasteiger partial charge on any atom is 0.258 e. The van der Waals surface area contributed by atoms with Gasteiger partial charge in [0.25, 0.3) is 5.89 Å². The van der Waals surface area contributed by atoms with Gasteiger partial charge in [-0.3, -0.25) is 9.20 Å². The molecule has 0 radical (unpaired) electrons. The number of nitrogens with zero attached hydrogens (tertiary/aromatic N) is 5. The van der Waals surface area contributed by atoms with E-state index in [0.29, 0.717) is 36.2 Å². The van der Waals surface area contributed by atoms with Gasteiger partial charge in [-0.25, -0.2) is 0 Å². The summed E-state index contributed by atoms with van der Waals surface area (Å²) >= 11 is 0. The van der Waals surface area contributed by atoms with Gasteiger partial charge in [0, 0.05) is 24.1 Å². The van der Waals surface area contributed by atoms with Gasteiger partial charge in [0.05, 0.1) is 6.54 Å². The van der Waals surface area contributed by atoms with Crippen molar-refractivity contribution in [2.75, 3.05) is 0 Å². The molecule has 1 aromatic carbocycles. The van der Waals surface area contributed by atoms with Gasteiger partial charge in [-0.2, -0.15) is 4.98 Å². The Kier molecular flexibility index (Phi) is 4.96. The molecule has 1 fully saturated rings. The highest BCUT2D eigenvalue weighted by Crippen LogP contribution is 2.38. The molecule has 5 rings (SSSR count). The normalized spacial score (nSPS) is 13.6. The van der Waals surface area contributed by atoms with Crippen LogP contribution in [-0.4, -0.2) is 30.6 Å². The maximum atomic E-state index is 12.2. The van der Waals surface area contributed by atoms with Crippen molar-refractivity contribution in [2.24, 2.45) is 0 Å². The molecule has 152 valence electrons. The highest BCUT2D eigenvalue weighted by molar-refractivity contribution is 5.75. The Hall–Kier alpha value is -3.55. The second-order valence-corrected chi connectivity index (χ2v) is 7.61. The van der Waals surface area contributed by atoms with Crippen molar-refractivity contribution >= 4 is 11.6 Å². The van der Waals surface area contributed by atoms with Crippen LogP contribution < -0.4 is 5.32 Å². The zero-order valence-corrected chi connectivity index (χ0v) is 16.5. The highest BCUT2D eigenvalue weighted by atomic mass is 16.5. The fraction of sp³-hybridized carbons (Fsp3) is 0.318. The number of aryl methyl sites for hydroxylation is 1. The van der Waals surface area contributed by atoms with Crippen LogP contribution in [0.3, 0.4) is 0 Å². The second-order valence-electron chi connectivity index (χ2n) is 7.61. The molecule has 0 aliphatic heterocycles. The first-order chi connectivity index (χ1) is 14.8. The lowest BCUT2D eigenvalue weighted by Gasteiger charge is -2.05. The van der Waals surface area contributed by atoms with Crippen LogP contribution in [0.4, 0.5) is 0 Å². The summed E-state index contributed by atoms with van der Waals surface area (Å²) in [5, 5.41) is 15.4. The fourth-order valence-electron chi connectivity index (χ4n) is 3.42. The zero-order valence-electron chi connectivity index (χ0n) is 16.5. The summed E-state index contributed by atoms with van der Waals surface area (Å²) in [7, 11) is 0. The fourth-order valence-corrected chi connectivity index (χ4v) is 3.42. The lowest BCUT2D eigenvalue weighted by Crippen LogP contribution is -2.23. The smallest absolute Gasteiger partial charge is 0.258 e. The van der Waals surface area contributed by atoms with Gasteiger partial charge in [-0.05, 0) is 43.4 Å². The number of pyridine rings is 1. The van der Waals surface area contributed by atoms with E-state index in [1.807, 2.05) is 40.9 Å². The summed E-state index contributed by atoms with van der Waals surface area (Å²) in [5.41, 5.74) is 2.73. The first-order valence-corrected chi connectivity index (χ1v) is 10.2. The van der Waals surface area contributed by atoms with E-state index in [2.05, 4.69) is 37.8 Å². The first kappa shape index (κ1) is 18.5. The Morgan fingerprint density at radius 3 is 2.87 bits per heavy atom. The number of nitrogens with one attached hydrogen (secondary N) is 1. The molecule has 8 nitrogen and oxygen atoms in total. The molecule has 0 saturated heterocycles. The summed E-state index contributed by atoms with van der Waals surface area (Å²) in [6, 6.07) is 13.9. The topological polar surface area (TPSA) is 98.2 Å². The molecule has 1 N–H and O–H groups in total.